The maximum atomic E-state index is 12.5. The van der Waals surface area contributed by atoms with E-state index in [-0.39, 0.29) is 46.8 Å². The molecule has 0 saturated carbocycles. The lowest BCUT2D eigenvalue weighted by Gasteiger charge is -2.23. The fourth-order valence-corrected chi connectivity index (χ4v) is 9.83. The van der Waals surface area contributed by atoms with Gasteiger partial charge in [0.25, 0.3) is 0 Å². The molecule has 26 nitrogen and oxygen atoms in total. The van der Waals surface area contributed by atoms with Gasteiger partial charge < -0.3 is 50.5 Å². The normalized spacial score (nSPS) is 27.5. The summed E-state index contributed by atoms with van der Waals surface area (Å²) in [6, 6.07) is 0. The second kappa shape index (κ2) is 13.1. The maximum Gasteiger partial charge on any atom is 0.584 e. The van der Waals surface area contributed by atoms with E-state index in [0.29, 0.717) is 0 Å². The Morgan fingerprint density at radius 3 is 1.94 bits per heavy atom. The van der Waals surface area contributed by atoms with Crippen molar-refractivity contribution in [3.63, 3.8) is 0 Å². The van der Waals surface area contributed by atoms with E-state index < -0.39 is 74.2 Å². The predicted molar refractivity (Wildman–Crippen MR) is 159 cm³/mol. The van der Waals surface area contributed by atoms with Crippen LogP contribution in [0.3, 0.4) is 0 Å². The van der Waals surface area contributed by atoms with Crippen LogP contribution in [0.4, 0.5) is 11.6 Å². The van der Waals surface area contributed by atoms with E-state index in [1.54, 1.807) is 0 Å². The number of fused-ring (bicyclic) bond motifs is 2. The minimum atomic E-state index is -6.07. The maximum absolute atomic E-state index is 12.5. The zero-order valence-corrected chi connectivity index (χ0v) is 27.8. The zero-order valence-electron chi connectivity index (χ0n) is 24.2. The van der Waals surface area contributed by atoms with E-state index in [9.17, 15) is 48.2 Å². The molecule has 0 spiro atoms. The molecule has 11 N–H and O–H groups in total. The van der Waals surface area contributed by atoms with Crippen molar-refractivity contribution in [3.8, 4) is 0 Å². The smallest absolute Gasteiger partial charge is 0.387 e. The highest BCUT2D eigenvalue weighted by Crippen LogP contribution is 2.83. The fraction of sp³-hybridized carbons (Fsp3) is 0.474. The average Bonchev–Trinajstić information content (AvgIpc) is 3.76. The summed E-state index contributed by atoms with van der Waals surface area (Å²) in [6.45, 7) is -1.01. The van der Waals surface area contributed by atoms with Crippen LogP contribution in [0.2, 0.25) is 0 Å². The molecule has 2 aliphatic heterocycles. The summed E-state index contributed by atoms with van der Waals surface area (Å²) in [5, 5.41) is 10.7. The third-order valence-electron chi connectivity index (χ3n) is 7.07. The molecule has 0 radical (unpaired) electrons. The molecule has 2 unspecified atom stereocenters. The molecule has 2 aliphatic rings. The molecule has 0 bridgehead atoms. The molecule has 4 aromatic rings. The van der Waals surface area contributed by atoms with Crippen molar-refractivity contribution in [2.45, 2.75) is 49.9 Å². The van der Waals surface area contributed by atoms with E-state index in [2.05, 4.69) is 34.2 Å². The van der Waals surface area contributed by atoms with Gasteiger partial charge in [0.1, 0.15) is 61.1 Å². The number of imidazole rings is 2. The Hall–Kier alpha value is -2.70. The minimum Gasteiger partial charge on any atom is -0.387 e. The largest absolute Gasteiger partial charge is 0.584 e. The number of anilines is 2. The topological polar surface area (TPSA) is 387 Å². The van der Waals surface area contributed by atoms with Gasteiger partial charge in [-0.15, -0.1) is 4.52 Å². The predicted octanol–water partition coefficient (Wildman–Crippen LogP) is -0.800. The third kappa shape index (κ3) is 7.52. The van der Waals surface area contributed by atoms with E-state index >= 15 is 0 Å². The highest BCUT2D eigenvalue weighted by atomic mass is 32.1. The van der Waals surface area contributed by atoms with Crippen molar-refractivity contribution in [3.05, 3.63) is 25.3 Å². The van der Waals surface area contributed by atoms with Gasteiger partial charge in [-0.05, 0) is 0 Å². The number of nitrogen functional groups attached to an aromatic ring is 2. The molecule has 2 fully saturated rings. The number of aliphatic hydroxyl groups is 1. The summed E-state index contributed by atoms with van der Waals surface area (Å²) in [7, 11) is -22.7. The molecule has 49 heavy (non-hydrogen) atoms. The lowest BCUT2D eigenvalue weighted by Crippen LogP contribution is -2.30. The molecule has 2 saturated heterocycles. The molecule has 6 heterocycles. The van der Waals surface area contributed by atoms with Gasteiger partial charge in [-0.25, -0.2) is 43.6 Å². The first-order valence-electron chi connectivity index (χ1n) is 13.5. The van der Waals surface area contributed by atoms with Crippen LogP contribution in [-0.4, -0.2) is 105 Å². The summed E-state index contributed by atoms with van der Waals surface area (Å²) < 4.78 is 70.0. The number of ether oxygens (including phenoxy) is 2. The average molecular weight is 775 g/mol. The first-order chi connectivity index (χ1) is 22.8. The molecular formula is C19H27N10O16P4+. The number of phosphoric ester groups is 1. The van der Waals surface area contributed by atoms with Gasteiger partial charge >= 0.3 is 30.6 Å². The van der Waals surface area contributed by atoms with Gasteiger partial charge in [0.05, 0.1) is 12.7 Å². The van der Waals surface area contributed by atoms with Crippen molar-refractivity contribution < 1.29 is 75.5 Å². The second-order valence-corrected chi connectivity index (χ2v) is 18.7. The van der Waals surface area contributed by atoms with E-state index in [4.69, 9.17) is 34.5 Å². The first-order valence-corrected chi connectivity index (χ1v) is 20.4. The van der Waals surface area contributed by atoms with Gasteiger partial charge in [0.2, 0.25) is 6.29 Å². The fourth-order valence-electron chi connectivity index (χ4n) is 4.92. The van der Waals surface area contributed by atoms with Crippen LogP contribution in [-0.2, 0) is 41.1 Å². The highest BCUT2D eigenvalue weighted by molar-refractivity contribution is 8.27. The summed E-state index contributed by atoms with van der Waals surface area (Å²) in [4.78, 5) is 83.0. The monoisotopic (exact) mass is 775 g/mol. The zero-order chi connectivity index (χ0) is 35.5. The number of hydrogen-bond donors (Lipinski definition) is 9. The van der Waals surface area contributed by atoms with Crippen LogP contribution in [0.1, 0.15) is 25.3 Å². The van der Waals surface area contributed by atoms with Crippen molar-refractivity contribution in [2.75, 3.05) is 18.1 Å². The number of rotatable bonds is 12. The van der Waals surface area contributed by atoms with Crippen LogP contribution in [0.25, 0.3) is 22.3 Å². The number of aliphatic hydroxyl groups excluding tert-OH is 1. The van der Waals surface area contributed by atoms with Crippen molar-refractivity contribution in [1.82, 2.24) is 39.0 Å². The van der Waals surface area contributed by atoms with Crippen LogP contribution in [0.5, 0.6) is 0 Å². The lowest BCUT2D eigenvalue weighted by atomic mass is 10.2. The Balaban J connectivity index is 1.25. The summed E-state index contributed by atoms with van der Waals surface area (Å²) in [5.74, 6) is 0.0499. The Bertz CT molecular complexity index is 2010. The Kier molecular flexibility index (Phi) is 9.67. The first kappa shape index (κ1) is 36.1. The van der Waals surface area contributed by atoms with Crippen LogP contribution < -0.4 is 11.5 Å². The standard InChI is InChI=1S/C19H26N10O16P4/c20-15-13-17(24-4-22-15)28(6-26-13)11-1-8(30)19(42-11)44-49(39,45-48(37,38)47(34,35)36)40-3-10-9(43-46(31,32)33)2-12(41-10)29-7-27-14-16(21)23-5-25-18(14)29/h4-12,19,30,39H,1-3H2,(H8-,20,21,22,23,24,25,31,32,33,34,35,36,37,38)/p+1/t8-,9-,10+,11+,12+,19+,49?/m0/s1. The summed E-state index contributed by atoms with van der Waals surface area (Å²) >= 11 is 0. The number of phosphoric acid groups is 1. The Morgan fingerprint density at radius 2 is 1.41 bits per heavy atom. The quantitative estimate of drug-likeness (QED) is 0.0795. The van der Waals surface area contributed by atoms with Crippen LogP contribution in [0.15, 0.2) is 25.3 Å². The van der Waals surface area contributed by atoms with E-state index in [0.717, 1.165) is 12.7 Å². The lowest BCUT2D eigenvalue weighted by molar-refractivity contribution is -0.142. The van der Waals surface area contributed by atoms with Crippen molar-refractivity contribution in [2.24, 2.45) is 0 Å². The number of nitrogens with two attached hydrogens (primary N) is 2. The molecule has 6 rings (SSSR count). The van der Waals surface area contributed by atoms with Gasteiger partial charge in [-0.3, -0.25) is 13.7 Å². The molecule has 30 heteroatoms. The Labute approximate surface area is 272 Å². The minimum absolute atomic E-state index is 0.0180. The number of hydrogen-bond acceptors (Lipinski definition) is 19. The van der Waals surface area contributed by atoms with Gasteiger partial charge in [0.15, 0.2) is 22.9 Å². The van der Waals surface area contributed by atoms with Gasteiger partial charge in [-0.2, -0.15) is 9.42 Å². The van der Waals surface area contributed by atoms with E-state index in [1.165, 1.54) is 21.8 Å². The van der Waals surface area contributed by atoms with Crippen LogP contribution >= 0.6 is 30.6 Å². The molecule has 0 amide bonds. The van der Waals surface area contributed by atoms with E-state index in [1.807, 2.05) is 0 Å². The molecular weight excluding hydrogens is 748 g/mol. The molecule has 8 atom stereocenters. The van der Waals surface area contributed by atoms with Gasteiger partial charge in [-0.1, -0.05) is 4.31 Å². The molecule has 0 aromatic carbocycles. The van der Waals surface area contributed by atoms with Gasteiger partial charge in [0, 0.05) is 12.8 Å². The summed E-state index contributed by atoms with van der Waals surface area (Å²) in [5.41, 5.74) is 12.3. The van der Waals surface area contributed by atoms with Crippen molar-refractivity contribution >= 4 is 64.5 Å². The number of nitrogens with zero attached hydrogens (tertiary/aromatic N) is 8. The number of aromatic nitrogens is 8. The summed E-state index contributed by atoms with van der Waals surface area (Å²) in [6.07, 6.45) is -4.64. The molecule has 0 aliphatic carbocycles. The van der Waals surface area contributed by atoms with Crippen molar-refractivity contribution in [1.29, 1.82) is 0 Å². The SMILES string of the molecule is Nc1ncnc2c1ncn2[C@H]1C[C@H](O)[C@@H](O[P+](O)(OC[C@H]2O[C@@H](n3cnc4c(N)ncnc43)C[C@@H]2OP(=O)(O)O)OP(=O)(O)P(=O)(O)O)O1. The highest BCUT2D eigenvalue weighted by Gasteiger charge is 2.62. The van der Waals surface area contributed by atoms with Crippen LogP contribution in [0, 0.1) is 0 Å². The molecule has 268 valence electrons. The Morgan fingerprint density at radius 1 is 0.857 bits per heavy atom. The second-order valence-electron chi connectivity index (χ2n) is 10.4. The molecule has 4 aromatic heterocycles. The third-order valence-corrected chi connectivity index (χ3v) is 13.5.